The minimum Gasteiger partial charge on any atom is -0.497 e. The highest BCUT2D eigenvalue weighted by atomic mass is 16.5. The lowest BCUT2D eigenvalue weighted by atomic mass is 10.00. The Bertz CT molecular complexity index is 621. The van der Waals surface area contributed by atoms with E-state index in [-0.39, 0.29) is 6.47 Å². The fourth-order valence-corrected chi connectivity index (χ4v) is 4.68. The summed E-state index contributed by atoms with van der Waals surface area (Å²) in [5.41, 5.74) is 1.29. The Morgan fingerprint density at radius 1 is 1.14 bits per heavy atom. The van der Waals surface area contributed by atoms with Crippen LogP contribution in [0.1, 0.15) is 12.8 Å². The zero-order valence-corrected chi connectivity index (χ0v) is 17.0. The summed E-state index contributed by atoms with van der Waals surface area (Å²) in [6.45, 7) is 7.39. The number of hydrogen-bond donors (Lipinski definition) is 1. The maximum absolute atomic E-state index is 8.36. The van der Waals surface area contributed by atoms with Crippen molar-refractivity contribution in [3.8, 4) is 5.75 Å². The number of piperidine rings is 1. The molecule has 4 rings (SSSR count). The van der Waals surface area contributed by atoms with E-state index in [2.05, 4.69) is 39.9 Å². The van der Waals surface area contributed by atoms with E-state index in [1.807, 2.05) is 6.07 Å². The molecule has 0 aliphatic carbocycles. The summed E-state index contributed by atoms with van der Waals surface area (Å²) >= 11 is 0. The van der Waals surface area contributed by atoms with Crippen molar-refractivity contribution in [2.75, 3.05) is 65.0 Å². The second kappa shape index (κ2) is 10.1. The zero-order valence-electron chi connectivity index (χ0n) is 17.0. The summed E-state index contributed by atoms with van der Waals surface area (Å²) in [5, 5.41) is 6.89. The highest BCUT2D eigenvalue weighted by Gasteiger charge is 2.35. The van der Waals surface area contributed by atoms with E-state index in [4.69, 9.17) is 19.4 Å². The molecule has 3 aliphatic rings. The third-order valence-corrected chi connectivity index (χ3v) is 6.17. The highest BCUT2D eigenvalue weighted by Crippen LogP contribution is 2.28. The first-order chi connectivity index (χ1) is 13.6. The van der Waals surface area contributed by atoms with Crippen LogP contribution in [-0.2, 0) is 9.53 Å². The smallest absolute Gasteiger partial charge is 0.290 e. The van der Waals surface area contributed by atoms with Crippen molar-refractivity contribution in [1.29, 1.82) is 0 Å². The van der Waals surface area contributed by atoms with Gasteiger partial charge in [0.2, 0.25) is 0 Å². The van der Waals surface area contributed by atoms with E-state index in [0.717, 1.165) is 44.6 Å². The summed E-state index contributed by atoms with van der Waals surface area (Å²) in [7, 11) is 4.00. The minimum atomic E-state index is -0.250. The number of carbonyl (C=O) groups is 1. The van der Waals surface area contributed by atoms with Gasteiger partial charge in [-0.15, -0.1) is 0 Å². The lowest BCUT2D eigenvalue weighted by Crippen LogP contribution is -2.50. The molecule has 1 aromatic rings. The van der Waals surface area contributed by atoms with E-state index in [1.165, 1.54) is 31.6 Å². The van der Waals surface area contributed by atoms with Gasteiger partial charge < -0.3 is 19.5 Å². The van der Waals surface area contributed by atoms with Crippen LogP contribution >= 0.6 is 0 Å². The Morgan fingerprint density at radius 2 is 1.89 bits per heavy atom. The standard InChI is InChI=1S/C20H31N3O2.CH2O2/c1-21-11-16-12-23(13-19(21)15-25-14-16)17-6-8-22(9-7-17)18-4-3-5-20(10-18)24-2;2-1-3/h3-5,10,16-17,19H,6-9,11-15H2,1-2H3;1H,(H,2,3)/t16-,19+;/m1./s1. The molecule has 7 heteroatoms. The molecule has 1 aromatic carbocycles. The van der Waals surface area contributed by atoms with Gasteiger partial charge in [0.05, 0.1) is 20.3 Å². The average molecular weight is 392 g/mol. The van der Waals surface area contributed by atoms with Crippen LogP contribution in [0.5, 0.6) is 5.75 Å². The number of rotatable bonds is 3. The number of anilines is 1. The summed E-state index contributed by atoms with van der Waals surface area (Å²) in [6, 6.07) is 9.74. The van der Waals surface area contributed by atoms with Crippen LogP contribution in [0.15, 0.2) is 24.3 Å². The van der Waals surface area contributed by atoms with Gasteiger partial charge in [-0.2, -0.15) is 0 Å². The third-order valence-electron chi connectivity index (χ3n) is 6.17. The molecule has 0 radical (unpaired) electrons. The Balaban J connectivity index is 0.000000706. The van der Waals surface area contributed by atoms with Crippen LogP contribution in [-0.4, -0.2) is 93.6 Å². The zero-order chi connectivity index (χ0) is 19.9. The van der Waals surface area contributed by atoms with Gasteiger partial charge in [0, 0.05) is 62.5 Å². The van der Waals surface area contributed by atoms with Crippen LogP contribution in [0.25, 0.3) is 0 Å². The molecule has 3 fully saturated rings. The lowest BCUT2D eigenvalue weighted by Gasteiger charge is -2.41. The van der Waals surface area contributed by atoms with Crippen molar-refractivity contribution < 1.29 is 19.4 Å². The fourth-order valence-electron chi connectivity index (χ4n) is 4.68. The first-order valence-electron chi connectivity index (χ1n) is 10.1. The van der Waals surface area contributed by atoms with Crippen LogP contribution in [0.2, 0.25) is 0 Å². The predicted molar refractivity (Wildman–Crippen MR) is 109 cm³/mol. The molecule has 1 N–H and O–H groups in total. The molecular formula is C21H33N3O4. The molecule has 0 aromatic heterocycles. The lowest BCUT2D eigenvalue weighted by molar-refractivity contribution is -0.122. The second-order valence-electron chi connectivity index (χ2n) is 7.98. The fraction of sp³-hybridized carbons (Fsp3) is 0.667. The molecule has 0 amide bonds. The van der Waals surface area contributed by atoms with Crippen molar-refractivity contribution in [3.05, 3.63) is 24.3 Å². The predicted octanol–water partition coefficient (Wildman–Crippen LogP) is 1.63. The van der Waals surface area contributed by atoms with Gasteiger partial charge in [0.1, 0.15) is 5.75 Å². The number of methoxy groups -OCH3 is 1. The van der Waals surface area contributed by atoms with Crippen LogP contribution in [0, 0.1) is 5.92 Å². The molecule has 0 spiro atoms. The second-order valence-corrected chi connectivity index (χ2v) is 7.98. The number of benzene rings is 1. The SMILES string of the molecule is COc1cccc(N2CCC(N3C[C@@H]4COC[C@H](C3)N(C)C4)CC2)c1.O=CO. The quantitative estimate of drug-likeness (QED) is 0.786. The minimum absolute atomic E-state index is 0.250. The van der Waals surface area contributed by atoms with Crippen LogP contribution in [0.4, 0.5) is 5.69 Å². The van der Waals surface area contributed by atoms with Gasteiger partial charge in [0.15, 0.2) is 0 Å². The van der Waals surface area contributed by atoms with Crippen molar-refractivity contribution in [1.82, 2.24) is 9.80 Å². The van der Waals surface area contributed by atoms with Gasteiger partial charge in [-0.3, -0.25) is 14.6 Å². The van der Waals surface area contributed by atoms with Crippen molar-refractivity contribution >= 4 is 12.2 Å². The summed E-state index contributed by atoms with van der Waals surface area (Å²) in [6.07, 6.45) is 2.50. The summed E-state index contributed by atoms with van der Waals surface area (Å²) < 4.78 is 11.3. The maximum Gasteiger partial charge on any atom is 0.290 e. The molecule has 3 aliphatic heterocycles. The molecule has 156 valence electrons. The molecule has 2 atom stereocenters. The van der Waals surface area contributed by atoms with E-state index < -0.39 is 0 Å². The Kier molecular flexibility index (Phi) is 7.53. The molecule has 3 heterocycles. The van der Waals surface area contributed by atoms with E-state index >= 15 is 0 Å². The molecule has 7 nitrogen and oxygen atoms in total. The van der Waals surface area contributed by atoms with Crippen LogP contribution < -0.4 is 9.64 Å². The Hall–Kier alpha value is -1.83. The van der Waals surface area contributed by atoms with E-state index in [9.17, 15) is 0 Å². The van der Waals surface area contributed by atoms with E-state index in [0.29, 0.717) is 12.0 Å². The van der Waals surface area contributed by atoms with Gasteiger partial charge in [-0.1, -0.05) is 6.07 Å². The largest absolute Gasteiger partial charge is 0.497 e. The highest BCUT2D eigenvalue weighted by molar-refractivity contribution is 5.51. The Morgan fingerprint density at radius 3 is 2.61 bits per heavy atom. The topological polar surface area (TPSA) is 65.5 Å². The first-order valence-corrected chi connectivity index (χ1v) is 10.1. The average Bonchev–Trinajstić information content (AvgIpc) is 2.97. The molecule has 2 bridgehead atoms. The number of fused-ring (bicyclic) bond motifs is 3. The van der Waals surface area contributed by atoms with Crippen molar-refractivity contribution in [2.24, 2.45) is 5.92 Å². The molecule has 3 saturated heterocycles. The van der Waals surface area contributed by atoms with Gasteiger partial charge in [-0.05, 0) is 32.0 Å². The number of hydrogen-bond acceptors (Lipinski definition) is 6. The van der Waals surface area contributed by atoms with Gasteiger partial charge in [-0.25, -0.2) is 0 Å². The maximum atomic E-state index is 8.36. The third kappa shape index (κ3) is 5.16. The number of nitrogens with zero attached hydrogens (tertiary/aromatic N) is 3. The number of ether oxygens (including phenoxy) is 2. The summed E-state index contributed by atoms with van der Waals surface area (Å²) in [5.74, 6) is 1.61. The van der Waals surface area contributed by atoms with Crippen molar-refractivity contribution in [2.45, 2.75) is 24.9 Å². The Labute approximate surface area is 167 Å². The van der Waals surface area contributed by atoms with Crippen molar-refractivity contribution in [3.63, 3.8) is 0 Å². The first kappa shape index (κ1) is 20.9. The van der Waals surface area contributed by atoms with Crippen LogP contribution in [0.3, 0.4) is 0 Å². The molecule has 28 heavy (non-hydrogen) atoms. The molecule has 0 saturated carbocycles. The summed E-state index contributed by atoms with van der Waals surface area (Å²) in [4.78, 5) is 16.2. The number of carboxylic acid groups (broad SMARTS) is 1. The normalized spacial score (nSPS) is 26.7. The molecular weight excluding hydrogens is 358 g/mol. The van der Waals surface area contributed by atoms with Gasteiger partial charge >= 0.3 is 0 Å². The van der Waals surface area contributed by atoms with Gasteiger partial charge in [0.25, 0.3) is 6.47 Å². The van der Waals surface area contributed by atoms with E-state index in [1.54, 1.807) is 7.11 Å². The number of likely N-dealkylation sites (N-methyl/N-ethyl adjacent to an activating group) is 1. The monoisotopic (exact) mass is 391 g/mol. The molecule has 0 unspecified atom stereocenters.